The lowest BCUT2D eigenvalue weighted by atomic mass is 10.1. The van der Waals surface area contributed by atoms with Crippen molar-refractivity contribution in [3.8, 4) is 22.9 Å². The van der Waals surface area contributed by atoms with E-state index in [1.165, 1.54) is 13.1 Å². The molecule has 0 aliphatic rings. The summed E-state index contributed by atoms with van der Waals surface area (Å²) in [5, 5.41) is 3.77. The molecule has 1 aromatic heterocycles. The summed E-state index contributed by atoms with van der Waals surface area (Å²) in [5.74, 6) is -0.838. The quantitative estimate of drug-likeness (QED) is 0.791. The molecule has 0 saturated heterocycles. The SMILES string of the molecule is CCOc1cc(-c2nn(C)c(OC(F)F)c2Cl)c(F)cc1Cl. The number of benzene rings is 1. The molecule has 0 fully saturated rings. The molecular weight excluding hydrogens is 344 g/mol. The van der Waals surface area contributed by atoms with Crippen LogP contribution < -0.4 is 9.47 Å². The lowest BCUT2D eigenvalue weighted by Crippen LogP contribution is -2.06. The average Bonchev–Trinajstić information content (AvgIpc) is 2.69. The fourth-order valence-electron chi connectivity index (χ4n) is 1.84. The Kier molecular flexibility index (Phi) is 5.08. The largest absolute Gasteiger partial charge is 0.492 e. The lowest BCUT2D eigenvalue weighted by Gasteiger charge is -2.08. The molecule has 0 atom stereocenters. The third kappa shape index (κ3) is 3.25. The van der Waals surface area contributed by atoms with E-state index in [0.717, 1.165) is 10.7 Å². The standard InChI is InChI=1S/C13H11Cl2F3N2O2/c1-3-21-9-4-6(8(16)5-7(9)14)11-10(15)12(20(2)19-11)22-13(17)18/h4-5,13H,3H2,1-2H3. The molecule has 1 heterocycles. The van der Waals surface area contributed by atoms with Crippen LogP contribution >= 0.6 is 23.2 Å². The Hall–Kier alpha value is -1.60. The Bertz CT molecular complexity index is 692. The normalized spacial score (nSPS) is 11.1. The van der Waals surface area contributed by atoms with Crippen molar-refractivity contribution in [1.82, 2.24) is 9.78 Å². The molecule has 0 aliphatic carbocycles. The van der Waals surface area contributed by atoms with Crippen LogP contribution in [0, 0.1) is 5.82 Å². The number of hydrogen-bond donors (Lipinski definition) is 0. The third-order valence-electron chi connectivity index (χ3n) is 2.72. The molecule has 2 rings (SSSR count). The van der Waals surface area contributed by atoms with E-state index in [0.29, 0.717) is 6.61 Å². The predicted octanol–water partition coefficient (Wildman–Crippen LogP) is 4.53. The summed E-state index contributed by atoms with van der Waals surface area (Å²) in [7, 11) is 1.35. The first-order valence-corrected chi connectivity index (χ1v) is 6.90. The van der Waals surface area contributed by atoms with E-state index in [-0.39, 0.29) is 32.9 Å². The summed E-state index contributed by atoms with van der Waals surface area (Å²) in [5.41, 5.74) is -0.0764. The Morgan fingerprint density at radius 3 is 2.59 bits per heavy atom. The second-order valence-corrected chi connectivity index (χ2v) is 4.95. The van der Waals surface area contributed by atoms with E-state index < -0.39 is 12.4 Å². The fraction of sp³-hybridized carbons (Fsp3) is 0.308. The maximum absolute atomic E-state index is 14.1. The zero-order valence-corrected chi connectivity index (χ0v) is 13.1. The highest BCUT2D eigenvalue weighted by molar-refractivity contribution is 6.34. The minimum absolute atomic E-state index is 0.0300. The first-order valence-electron chi connectivity index (χ1n) is 6.14. The maximum atomic E-state index is 14.1. The minimum atomic E-state index is -3.07. The van der Waals surface area contributed by atoms with Crippen molar-refractivity contribution in [2.24, 2.45) is 7.05 Å². The van der Waals surface area contributed by atoms with E-state index in [4.69, 9.17) is 27.9 Å². The number of halogens is 5. The van der Waals surface area contributed by atoms with Crippen LogP contribution in [0.2, 0.25) is 10.0 Å². The van der Waals surface area contributed by atoms with E-state index in [1.807, 2.05) is 0 Å². The Morgan fingerprint density at radius 1 is 1.32 bits per heavy atom. The van der Waals surface area contributed by atoms with E-state index >= 15 is 0 Å². The van der Waals surface area contributed by atoms with E-state index in [1.54, 1.807) is 6.92 Å². The second kappa shape index (κ2) is 6.66. The van der Waals surface area contributed by atoms with Gasteiger partial charge in [0.25, 0.3) is 0 Å². The maximum Gasteiger partial charge on any atom is 0.388 e. The van der Waals surface area contributed by atoms with Crippen molar-refractivity contribution < 1.29 is 22.6 Å². The first-order chi connectivity index (χ1) is 10.3. The summed E-state index contributed by atoms with van der Waals surface area (Å²) < 4.78 is 49.4. The van der Waals surface area contributed by atoms with Gasteiger partial charge in [0.05, 0.1) is 11.6 Å². The smallest absolute Gasteiger partial charge is 0.388 e. The number of hydrogen-bond acceptors (Lipinski definition) is 3. The zero-order chi connectivity index (χ0) is 16.4. The monoisotopic (exact) mass is 354 g/mol. The molecule has 22 heavy (non-hydrogen) atoms. The molecule has 4 nitrogen and oxygen atoms in total. The topological polar surface area (TPSA) is 36.3 Å². The van der Waals surface area contributed by atoms with Gasteiger partial charge in [0.15, 0.2) is 0 Å². The lowest BCUT2D eigenvalue weighted by molar-refractivity contribution is -0.0552. The van der Waals surface area contributed by atoms with Gasteiger partial charge in [-0.3, -0.25) is 0 Å². The van der Waals surface area contributed by atoms with Crippen molar-refractivity contribution in [3.05, 3.63) is 28.0 Å². The Labute approximate surface area is 134 Å². The molecule has 0 saturated carbocycles. The van der Waals surface area contributed by atoms with Gasteiger partial charge in [-0.15, -0.1) is 0 Å². The van der Waals surface area contributed by atoms with Crippen LogP contribution in [0.15, 0.2) is 12.1 Å². The summed E-state index contributed by atoms with van der Waals surface area (Å²) >= 11 is 11.8. The van der Waals surface area contributed by atoms with Gasteiger partial charge >= 0.3 is 6.61 Å². The predicted molar refractivity (Wildman–Crippen MR) is 76.4 cm³/mol. The van der Waals surface area contributed by atoms with Gasteiger partial charge in [-0.2, -0.15) is 13.9 Å². The van der Waals surface area contributed by atoms with Crippen LogP contribution in [0.3, 0.4) is 0 Å². The number of rotatable bonds is 5. The van der Waals surface area contributed by atoms with Crippen molar-refractivity contribution >= 4 is 23.2 Å². The number of ether oxygens (including phenoxy) is 2. The molecule has 9 heteroatoms. The molecule has 120 valence electrons. The third-order valence-corrected chi connectivity index (χ3v) is 3.35. The van der Waals surface area contributed by atoms with Crippen LogP contribution in [0.1, 0.15) is 6.92 Å². The van der Waals surface area contributed by atoms with E-state index in [9.17, 15) is 13.2 Å². The number of aromatic nitrogens is 2. The molecule has 0 N–H and O–H groups in total. The highest BCUT2D eigenvalue weighted by Gasteiger charge is 2.23. The van der Waals surface area contributed by atoms with Gasteiger partial charge in [-0.25, -0.2) is 9.07 Å². The highest BCUT2D eigenvalue weighted by Crippen LogP contribution is 2.39. The molecular formula is C13H11Cl2F3N2O2. The molecule has 1 aromatic carbocycles. The van der Waals surface area contributed by atoms with Gasteiger partial charge in [0.1, 0.15) is 22.3 Å². The molecule has 0 radical (unpaired) electrons. The highest BCUT2D eigenvalue weighted by atomic mass is 35.5. The molecule has 0 aliphatic heterocycles. The van der Waals surface area contributed by atoms with E-state index in [2.05, 4.69) is 9.84 Å². The minimum Gasteiger partial charge on any atom is -0.492 e. The van der Waals surface area contributed by atoms with Gasteiger partial charge in [0.2, 0.25) is 5.88 Å². The summed E-state index contributed by atoms with van der Waals surface area (Å²) in [6.45, 7) is -1.02. The molecule has 0 amide bonds. The Morgan fingerprint density at radius 2 is 2.00 bits per heavy atom. The molecule has 0 bridgehead atoms. The van der Waals surface area contributed by atoms with Crippen LogP contribution in [-0.2, 0) is 7.05 Å². The summed E-state index contributed by atoms with van der Waals surface area (Å²) in [6, 6.07) is 2.35. The van der Waals surface area contributed by atoms with Gasteiger partial charge < -0.3 is 9.47 Å². The van der Waals surface area contributed by atoms with Crippen LogP contribution in [0.5, 0.6) is 11.6 Å². The first kappa shape index (κ1) is 16.8. The van der Waals surface area contributed by atoms with Crippen LogP contribution in [-0.4, -0.2) is 23.0 Å². The molecule has 0 spiro atoms. The zero-order valence-electron chi connectivity index (χ0n) is 11.5. The Balaban J connectivity index is 2.54. The summed E-state index contributed by atoms with van der Waals surface area (Å²) in [6.07, 6.45) is 0. The van der Waals surface area contributed by atoms with Gasteiger partial charge in [0, 0.05) is 12.6 Å². The molecule has 0 unspecified atom stereocenters. The van der Waals surface area contributed by atoms with Crippen molar-refractivity contribution in [2.45, 2.75) is 13.5 Å². The summed E-state index contributed by atoms with van der Waals surface area (Å²) in [4.78, 5) is 0. The second-order valence-electron chi connectivity index (χ2n) is 4.17. The fourth-order valence-corrected chi connectivity index (χ4v) is 2.36. The molecule has 2 aromatic rings. The van der Waals surface area contributed by atoms with Crippen LogP contribution in [0.4, 0.5) is 13.2 Å². The van der Waals surface area contributed by atoms with Crippen molar-refractivity contribution in [2.75, 3.05) is 6.61 Å². The van der Waals surface area contributed by atoms with Gasteiger partial charge in [-0.1, -0.05) is 23.2 Å². The number of nitrogens with zero attached hydrogens (tertiary/aromatic N) is 2. The number of aryl methyl sites for hydroxylation is 1. The van der Waals surface area contributed by atoms with Gasteiger partial charge in [-0.05, 0) is 19.1 Å². The average molecular weight is 355 g/mol. The van der Waals surface area contributed by atoms with Crippen LogP contribution in [0.25, 0.3) is 11.3 Å². The number of alkyl halides is 2. The van der Waals surface area contributed by atoms with Crippen molar-refractivity contribution in [3.63, 3.8) is 0 Å². The van der Waals surface area contributed by atoms with Crippen molar-refractivity contribution in [1.29, 1.82) is 0 Å².